The van der Waals surface area contributed by atoms with Gasteiger partial charge >= 0.3 is 11.9 Å². The molecular weight excluding hydrogens is 306 g/mol. The van der Waals surface area contributed by atoms with Gasteiger partial charge in [0.25, 0.3) is 0 Å². The summed E-state index contributed by atoms with van der Waals surface area (Å²) in [6.07, 6.45) is 0.977. The summed E-state index contributed by atoms with van der Waals surface area (Å²) in [5.74, 6) is -0.448. The molecule has 0 radical (unpaired) electrons. The van der Waals surface area contributed by atoms with Crippen LogP contribution >= 0.6 is 0 Å². The Balaban J connectivity index is 2.79. The highest BCUT2D eigenvalue weighted by molar-refractivity contribution is 5.72. The lowest BCUT2D eigenvalue weighted by Gasteiger charge is -2.34. The van der Waals surface area contributed by atoms with Gasteiger partial charge in [-0.2, -0.15) is 0 Å². The normalized spacial score (nSPS) is 13.4. The summed E-state index contributed by atoms with van der Waals surface area (Å²) >= 11 is 0. The van der Waals surface area contributed by atoms with Gasteiger partial charge in [0.05, 0.1) is 19.8 Å². The maximum absolute atomic E-state index is 12.0. The number of carbonyl (C=O) groups excluding carboxylic acids is 2. The van der Waals surface area contributed by atoms with Gasteiger partial charge in [0.15, 0.2) is 0 Å². The standard InChI is InChI=1S/C19H29NO4/c1-5-23-18(21)13-12-15(3)20(14-19(22)24-6-2)16(4)17-10-8-7-9-11-17/h7-11,15-16H,5-6,12-14H2,1-4H3/t15?,16-/m0/s1. The Morgan fingerprint density at radius 3 is 2.17 bits per heavy atom. The minimum absolute atomic E-state index is 0.0489. The fourth-order valence-corrected chi connectivity index (χ4v) is 2.68. The molecule has 0 heterocycles. The molecule has 0 saturated carbocycles. The third kappa shape index (κ3) is 6.71. The van der Waals surface area contributed by atoms with Crippen molar-refractivity contribution in [3.05, 3.63) is 35.9 Å². The smallest absolute Gasteiger partial charge is 0.320 e. The molecule has 0 aliphatic rings. The van der Waals surface area contributed by atoms with E-state index in [1.807, 2.05) is 37.3 Å². The van der Waals surface area contributed by atoms with Gasteiger partial charge in [-0.05, 0) is 39.7 Å². The van der Waals surface area contributed by atoms with Crippen LogP contribution in [0.5, 0.6) is 0 Å². The van der Waals surface area contributed by atoms with E-state index in [-0.39, 0.29) is 30.6 Å². The van der Waals surface area contributed by atoms with Crippen molar-refractivity contribution < 1.29 is 19.1 Å². The molecule has 5 heteroatoms. The summed E-state index contributed by atoms with van der Waals surface area (Å²) in [6.45, 7) is 8.64. The molecule has 1 aromatic carbocycles. The van der Waals surface area contributed by atoms with Crippen molar-refractivity contribution in [2.24, 2.45) is 0 Å². The van der Waals surface area contributed by atoms with E-state index < -0.39 is 0 Å². The van der Waals surface area contributed by atoms with Gasteiger partial charge in [-0.25, -0.2) is 0 Å². The molecule has 1 aromatic rings. The van der Waals surface area contributed by atoms with Crippen LogP contribution in [-0.2, 0) is 19.1 Å². The Morgan fingerprint density at radius 2 is 1.58 bits per heavy atom. The van der Waals surface area contributed by atoms with E-state index in [1.54, 1.807) is 13.8 Å². The highest BCUT2D eigenvalue weighted by Crippen LogP contribution is 2.24. The first-order valence-electron chi connectivity index (χ1n) is 8.61. The van der Waals surface area contributed by atoms with Gasteiger partial charge in [0.1, 0.15) is 0 Å². The van der Waals surface area contributed by atoms with Crippen LogP contribution in [0.15, 0.2) is 30.3 Å². The predicted molar refractivity (Wildman–Crippen MR) is 93.5 cm³/mol. The first-order valence-corrected chi connectivity index (χ1v) is 8.61. The van der Waals surface area contributed by atoms with Crippen LogP contribution in [0.25, 0.3) is 0 Å². The molecule has 0 bridgehead atoms. The number of nitrogens with zero attached hydrogens (tertiary/aromatic N) is 1. The lowest BCUT2D eigenvalue weighted by Crippen LogP contribution is -2.40. The molecule has 0 aliphatic carbocycles. The average Bonchev–Trinajstić information content (AvgIpc) is 2.58. The van der Waals surface area contributed by atoms with Crippen molar-refractivity contribution in [3.8, 4) is 0 Å². The molecule has 0 aliphatic heterocycles. The zero-order valence-electron chi connectivity index (χ0n) is 15.2. The second kappa shape index (κ2) is 10.8. The zero-order chi connectivity index (χ0) is 17.9. The maximum atomic E-state index is 12.0. The van der Waals surface area contributed by atoms with Gasteiger partial charge < -0.3 is 9.47 Å². The van der Waals surface area contributed by atoms with E-state index in [9.17, 15) is 9.59 Å². The lowest BCUT2D eigenvalue weighted by molar-refractivity contribution is -0.145. The summed E-state index contributed by atoms with van der Waals surface area (Å²) in [7, 11) is 0. The summed E-state index contributed by atoms with van der Waals surface area (Å²) in [4.78, 5) is 25.7. The fourth-order valence-electron chi connectivity index (χ4n) is 2.68. The molecule has 0 amide bonds. The largest absolute Gasteiger partial charge is 0.466 e. The van der Waals surface area contributed by atoms with Crippen LogP contribution in [0.4, 0.5) is 0 Å². The van der Waals surface area contributed by atoms with Crippen LogP contribution in [0.2, 0.25) is 0 Å². The van der Waals surface area contributed by atoms with Gasteiger partial charge in [-0.1, -0.05) is 30.3 Å². The number of carbonyl (C=O) groups is 2. The third-order valence-corrected chi connectivity index (χ3v) is 4.03. The van der Waals surface area contributed by atoms with E-state index in [1.165, 1.54) is 0 Å². The number of ether oxygens (including phenoxy) is 2. The summed E-state index contributed by atoms with van der Waals surface area (Å²) in [5.41, 5.74) is 1.13. The molecular formula is C19H29NO4. The SMILES string of the molecule is CCOC(=O)CCC(C)N(CC(=O)OCC)[C@@H](C)c1ccccc1. The highest BCUT2D eigenvalue weighted by Gasteiger charge is 2.25. The molecule has 0 N–H and O–H groups in total. The number of hydrogen-bond donors (Lipinski definition) is 0. The van der Waals surface area contributed by atoms with Crippen molar-refractivity contribution >= 4 is 11.9 Å². The Morgan fingerprint density at radius 1 is 1.00 bits per heavy atom. The minimum atomic E-state index is -0.247. The van der Waals surface area contributed by atoms with Crippen molar-refractivity contribution in [2.75, 3.05) is 19.8 Å². The maximum Gasteiger partial charge on any atom is 0.320 e. The molecule has 0 aromatic heterocycles. The molecule has 0 saturated heterocycles. The number of esters is 2. The molecule has 24 heavy (non-hydrogen) atoms. The second-order valence-corrected chi connectivity index (χ2v) is 5.76. The first-order chi connectivity index (χ1) is 11.5. The van der Waals surface area contributed by atoms with E-state index >= 15 is 0 Å². The van der Waals surface area contributed by atoms with E-state index in [4.69, 9.17) is 9.47 Å². The summed E-state index contributed by atoms with van der Waals surface area (Å²) < 4.78 is 10.1. The average molecular weight is 335 g/mol. The van der Waals surface area contributed by atoms with E-state index in [0.29, 0.717) is 26.1 Å². The van der Waals surface area contributed by atoms with Gasteiger partial charge in [-0.3, -0.25) is 14.5 Å². The summed E-state index contributed by atoms with van der Waals surface area (Å²) in [6, 6.07) is 10.1. The molecule has 2 atom stereocenters. The van der Waals surface area contributed by atoms with E-state index in [0.717, 1.165) is 5.56 Å². The molecule has 5 nitrogen and oxygen atoms in total. The first kappa shape index (κ1) is 20.2. The molecule has 0 fully saturated rings. The Labute approximate surface area is 144 Å². The van der Waals surface area contributed by atoms with Crippen LogP contribution in [0, 0.1) is 0 Å². The van der Waals surface area contributed by atoms with Crippen LogP contribution in [0.1, 0.15) is 52.1 Å². The third-order valence-electron chi connectivity index (χ3n) is 4.03. The lowest BCUT2D eigenvalue weighted by atomic mass is 10.0. The second-order valence-electron chi connectivity index (χ2n) is 5.76. The zero-order valence-corrected chi connectivity index (χ0v) is 15.2. The molecule has 134 valence electrons. The minimum Gasteiger partial charge on any atom is -0.466 e. The van der Waals surface area contributed by atoms with Crippen molar-refractivity contribution in [1.29, 1.82) is 0 Å². The van der Waals surface area contributed by atoms with Crippen molar-refractivity contribution in [3.63, 3.8) is 0 Å². The van der Waals surface area contributed by atoms with Crippen molar-refractivity contribution in [1.82, 2.24) is 4.90 Å². The fraction of sp³-hybridized carbons (Fsp3) is 0.579. The Hall–Kier alpha value is -1.88. The molecule has 1 unspecified atom stereocenters. The van der Waals surface area contributed by atoms with Crippen LogP contribution < -0.4 is 0 Å². The van der Waals surface area contributed by atoms with Crippen molar-refractivity contribution in [2.45, 2.75) is 52.6 Å². The van der Waals surface area contributed by atoms with Gasteiger partial charge in [-0.15, -0.1) is 0 Å². The summed E-state index contributed by atoms with van der Waals surface area (Å²) in [5, 5.41) is 0. The quantitative estimate of drug-likeness (QED) is 0.614. The molecule has 0 spiro atoms. The predicted octanol–water partition coefficient (Wildman–Crippen LogP) is 3.34. The van der Waals surface area contributed by atoms with Crippen LogP contribution in [-0.4, -0.2) is 42.6 Å². The monoisotopic (exact) mass is 335 g/mol. The van der Waals surface area contributed by atoms with Gasteiger partial charge in [0, 0.05) is 18.5 Å². The van der Waals surface area contributed by atoms with Gasteiger partial charge in [0.2, 0.25) is 0 Å². The molecule has 1 rings (SSSR count). The number of benzene rings is 1. The number of hydrogen-bond acceptors (Lipinski definition) is 5. The topological polar surface area (TPSA) is 55.8 Å². The number of rotatable bonds is 10. The Bertz CT molecular complexity index is 503. The van der Waals surface area contributed by atoms with E-state index in [2.05, 4.69) is 11.8 Å². The van der Waals surface area contributed by atoms with Crippen LogP contribution in [0.3, 0.4) is 0 Å². The highest BCUT2D eigenvalue weighted by atomic mass is 16.5. The Kier molecular flexibility index (Phi) is 9.08.